The molecule has 0 aliphatic carbocycles. The van der Waals surface area contributed by atoms with Crippen LogP contribution in [0.3, 0.4) is 0 Å². The van der Waals surface area contributed by atoms with Crippen molar-refractivity contribution >= 4 is 14.7 Å². The van der Waals surface area contributed by atoms with E-state index in [1.807, 2.05) is 36.4 Å². The number of hydrogen-bond donors (Lipinski definition) is 0. The van der Waals surface area contributed by atoms with Gasteiger partial charge in [-0.3, -0.25) is 0 Å². The van der Waals surface area contributed by atoms with Gasteiger partial charge in [-0.25, -0.2) is 0 Å². The van der Waals surface area contributed by atoms with Crippen molar-refractivity contribution in [1.29, 1.82) is 0 Å². The van der Waals surface area contributed by atoms with Gasteiger partial charge in [-0.05, 0) is 12.1 Å². The minimum absolute atomic E-state index is 0.416. The average Bonchev–Trinajstić information content (AvgIpc) is 2.32. The highest BCUT2D eigenvalue weighted by Crippen LogP contribution is 1.94. The van der Waals surface area contributed by atoms with Crippen LogP contribution in [0.2, 0.25) is 0 Å². The zero-order valence-corrected chi connectivity index (χ0v) is 9.89. The third-order valence-electron chi connectivity index (χ3n) is 2.14. The Morgan fingerprint density at radius 3 is 2.00 bits per heavy atom. The van der Waals surface area contributed by atoms with Crippen LogP contribution in [0.25, 0.3) is 0 Å². The summed E-state index contributed by atoms with van der Waals surface area (Å²) in [6.45, 7) is 0. The van der Waals surface area contributed by atoms with Gasteiger partial charge in [0.1, 0.15) is 9.52 Å². The van der Waals surface area contributed by atoms with Gasteiger partial charge in [0, 0.05) is 5.56 Å². The van der Waals surface area contributed by atoms with Crippen molar-refractivity contribution in [2.24, 2.45) is 0 Å². The molecule has 0 radical (unpaired) electrons. The molecule has 0 heterocycles. The molecule has 2 aromatic rings. The van der Waals surface area contributed by atoms with Crippen LogP contribution in [0.4, 0.5) is 0 Å². The van der Waals surface area contributed by atoms with E-state index in [2.05, 4.69) is 35.7 Å². The number of benzene rings is 2. The summed E-state index contributed by atoms with van der Waals surface area (Å²) in [7, 11) is -0.416. The molecule has 0 unspecified atom stereocenters. The van der Waals surface area contributed by atoms with Crippen LogP contribution >= 0.6 is 0 Å². The number of rotatable bonds is 1. The van der Waals surface area contributed by atoms with E-state index >= 15 is 0 Å². The van der Waals surface area contributed by atoms with Gasteiger partial charge in [0.2, 0.25) is 0 Å². The molecule has 15 heavy (non-hydrogen) atoms. The van der Waals surface area contributed by atoms with E-state index in [4.69, 9.17) is 0 Å². The Morgan fingerprint density at radius 1 is 0.733 bits per heavy atom. The molecule has 2 rings (SSSR count). The summed E-state index contributed by atoms with van der Waals surface area (Å²) in [4.78, 5) is 0. The number of hydrogen-bond acceptors (Lipinski definition) is 0. The van der Waals surface area contributed by atoms with Gasteiger partial charge >= 0.3 is 0 Å². The van der Waals surface area contributed by atoms with Crippen molar-refractivity contribution in [3.8, 4) is 11.5 Å². The topological polar surface area (TPSA) is 0 Å². The molecule has 0 saturated heterocycles. The highest BCUT2D eigenvalue weighted by molar-refractivity contribution is 6.61. The summed E-state index contributed by atoms with van der Waals surface area (Å²) in [6, 6.07) is 20.7. The summed E-state index contributed by atoms with van der Waals surface area (Å²) in [5, 5.41) is 1.40. The maximum Gasteiger partial charge on any atom is 0.138 e. The molecule has 72 valence electrons. The Morgan fingerprint density at radius 2 is 1.33 bits per heavy atom. The van der Waals surface area contributed by atoms with Gasteiger partial charge in [0.05, 0.1) is 0 Å². The van der Waals surface area contributed by atoms with Crippen molar-refractivity contribution in [3.63, 3.8) is 0 Å². The fraction of sp³-hybridized carbons (Fsp3) is 0. The van der Waals surface area contributed by atoms with Gasteiger partial charge in [0.25, 0.3) is 0 Å². The lowest BCUT2D eigenvalue weighted by atomic mass is 10.2. The Hall–Kier alpha value is -1.78. The Balaban J connectivity index is 2.03. The highest BCUT2D eigenvalue weighted by atomic mass is 28.2. The normalized spacial score (nSPS) is 9.87. The van der Waals surface area contributed by atoms with E-state index in [1.54, 1.807) is 0 Å². The first-order valence-electron chi connectivity index (χ1n) is 5.03. The van der Waals surface area contributed by atoms with Crippen molar-refractivity contribution < 1.29 is 0 Å². The molecule has 0 N–H and O–H groups in total. The van der Waals surface area contributed by atoms with Gasteiger partial charge in [-0.1, -0.05) is 59.6 Å². The van der Waals surface area contributed by atoms with E-state index in [-0.39, 0.29) is 0 Å². The van der Waals surface area contributed by atoms with E-state index in [0.717, 1.165) is 5.56 Å². The molecular formula is C14H12Si. The quantitative estimate of drug-likeness (QED) is 0.492. The van der Waals surface area contributed by atoms with Gasteiger partial charge in [0.15, 0.2) is 0 Å². The molecule has 0 atom stereocenters. The monoisotopic (exact) mass is 208 g/mol. The Kier molecular flexibility index (Phi) is 3.37. The molecule has 0 aliphatic heterocycles. The second-order valence-electron chi connectivity index (χ2n) is 3.33. The molecule has 0 bridgehead atoms. The lowest BCUT2D eigenvalue weighted by Gasteiger charge is -1.90. The van der Waals surface area contributed by atoms with Crippen LogP contribution in [0, 0.1) is 11.5 Å². The van der Waals surface area contributed by atoms with Crippen molar-refractivity contribution in [1.82, 2.24) is 0 Å². The molecule has 0 aromatic heterocycles. The highest BCUT2D eigenvalue weighted by Gasteiger charge is 1.86. The SMILES string of the molecule is C(#Cc1ccccc1)[SiH2]c1ccccc1. The van der Waals surface area contributed by atoms with Crippen LogP contribution in [0.1, 0.15) is 5.56 Å². The minimum atomic E-state index is -0.416. The van der Waals surface area contributed by atoms with Crippen LogP contribution in [0.5, 0.6) is 0 Å². The average molecular weight is 208 g/mol. The second-order valence-corrected chi connectivity index (χ2v) is 4.85. The van der Waals surface area contributed by atoms with Crippen molar-refractivity contribution in [2.45, 2.75) is 0 Å². The predicted molar refractivity (Wildman–Crippen MR) is 67.9 cm³/mol. The Labute approximate surface area is 92.8 Å². The summed E-state index contributed by atoms with van der Waals surface area (Å²) >= 11 is 0. The standard InChI is InChI=1S/C14H12Si/c1-3-7-13(8-4-1)11-12-15-14-9-5-2-6-10-14/h1-10H,15H2. The molecule has 0 saturated carbocycles. The summed E-state index contributed by atoms with van der Waals surface area (Å²) in [5.74, 6) is 3.20. The molecule has 0 aliphatic rings. The first kappa shape index (κ1) is 9.76. The molecule has 0 nitrogen and oxygen atoms in total. The molecule has 1 heteroatoms. The smallest absolute Gasteiger partial charge is 0.129 e. The molecule has 0 fully saturated rings. The Bertz CT molecular complexity index is 463. The van der Waals surface area contributed by atoms with E-state index in [0.29, 0.717) is 0 Å². The van der Waals surface area contributed by atoms with Crippen LogP contribution in [0.15, 0.2) is 60.7 Å². The lowest BCUT2D eigenvalue weighted by molar-refractivity contribution is 1.65. The van der Waals surface area contributed by atoms with Crippen LogP contribution < -0.4 is 5.19 Å². The summed E-state index contributed by atoms with van der Waals surface area (Å²) in [6.07, 6.45) is 0. The molecule has 0 spiro atoms. The molecule has 0 amide bonds. The summed E-state index contributed by atoms with van der Waals surface area (Å²) < 4.78 is 0. The van der Waals surface area contributed by atoms with Crippen LogP contribution in [-0.4, -0.2) is 9.52 Å². The maximum atomic E-state index is 3.31. The second kappa shape index (κ2) is 5.19. The predicted octanol–water partition coefficient (Wildman–Crippen LogP) is 1.49. The van der Waals surface area contributed by atoms with E-state index < -0.39 is 9.52 Å². The van der Waals surface area contributed by atoms with Crippen LogP contribution in [-0.2, 0) is 0 Å². The summed E-state index contributed by atoms with van der Waals surface area (Å²) in [5.41, 5.74) is 4.42. The fourth-order valence-electron chi connectivity index (χ4n) is 1.37. The zero-order chi connectivity index (χ0) is 10.3. The van der Waals surface area contributed by atoms with Crippen molar-refractivity contribution in [2.75, 3.05) is 0 Å². The van der Waals surface area contributed by atoms with E-state index in [9.17, 15) is 0 Å². The van der Waals surface area contributed by atoms with Gasteiger partial charge < -0.3 is 0 Å². The molecular weight excluding hydrogens is 196 g/mol. The molecule has 2 aromatic carbocycles. The van der Waals surface area contributed by atoms with Gasteiger partial charge in [-0.2, -0.15) is 0 Å². The first-order chi connectivity index (χ1) is 7.45. The van der Waals surface area contributed by atoms with E-state index in [1.165, 1.54) is 5.19 Å². The zero-order valence-electron chi connectivity index (χ0n) is 8.48. The lowest BCUT2D eigenvalue weighted by Crippen LogP contribution is -2.10. The minimum Gasteiger partial charge on any atom is -0.129 e. The third-order valence-corrected chi connectivity index (χ3v) is 3.38. The van der Waals surface area contributed by atoms with Gasteiger partial charge in [-0.15, -0.1) is 5.54 Å². The maximum absolute atomic E-state index is 3.31. The largest absolute Gasteiger partial charge is 0.138 e. The third kappa shape index (κ3) is 3.12. The van der Waals surface area contributed by atoms with Crippen molar-refractivity contribution in [3.05, 3.63) is 66.2 Å². The fourth-order valence-corrected chi connectivity index (χ4v) is 2.37. The first-order valence-corrected chi connectivity index (χ1v) is 6.44.